The first-order valence-electron chi connectivity index (χ1n) is 5.13. The zero-order valence-corrected chi connectivity index (χ0v) is 9.53. The van der Waals surface area contributed by atoms with Gasteiger partial charge >= 0.3 is 0 Å². The molecule has 1 aliphatic rings. The Labute approximate surface area is 103 Å². The fourth-order valence-corrected chi connectivity index (χ4v) is 2.09. The molecule has 1 N–H and O–H groups in total. The maximum atomic E-state index is 11.7. The van der Waals surface area contributed by atoms with Gasteiger partial charge in [0.25, 0.3) is 0 Å². The minimum absolute atomic E-state index is 0.0570. The Morgan fingerprint density at radius 2 is 2.18 bits per heavy atom. The average Bonchev–Trinajstić information content (AvgIpc) is 2.43. The number of nitrogens with zero attached hydrogens (tertiary/aromatic N) is 2. The molecule has 0 saturated carbocycles. The van der Waals surface area contributed by atoms with Crippen molar-refractivity contribution in [3.05, 3.63) is 41.4 Å². The lowest BCUT2D eigenvalue weighted by Gasteiger charge is -2.07. The number of carbonyl (C=O) groups is 1. The van der Waals surface area contributed by atoms with Crippen molar-refractivity contribution in [3.63, 3.8) is 0 Å². The molecular formula is C12H8ClN3O. The Kier molecular flexibility index (Phi) is 2.30. The minimum atomic E-state index is -0.0570. The topological polar surface area (TPSA) is 54.9 Å². The molecule has 4 nitrogen and oxygen atoms in total. The van der Waals surface area contributed by atoms with E-state index in [1.165, 1.54) is 0 Å². The number of hydrogen-bond donors (Lipinski definition) is 1. The summed E-state index contributed by atoms with van der Waals surface area (Å²) in [6.07, 6.45) is 5.42. The van der Waals surface area contributed by atoms with Gasteiger partial charge in [-0.3, -0.25) is 9.78 Å². The second kappa shape index (κ2) is 3.82. The van der Waals surface area contributed by atoms with Crippen molar-refractivity contribution in [1.82, 2.24) is 9.97 Å². The van der Waals surface area contributed by atoms with E-state index in [4.69, 9.17) is 11.6 Å². The first kappa shape index (κ1) is 10.2. The van der Waals surface area contributed by atoms with Gasteiger partial charge in [-0.15, -0.1) is 0 Å². The fraction of sp³-hybridized carbons (Fsp3) is 0.0833. The summed E-state index contributed by atoms with van der Waals surface area (Å²) >= 11 is 5.83. The summed E-state index contributed by atoms with van der Waals surface area (Å²) in [6, 6.07) is 3.50. The maximum absolute atomic E-state index is 11.7. The number of halogens is 1. The summed E-state index contributed by atoms with van der Waals surface area (Å²) in [7, 11) is 0. The van der Waals surface area contributed by atoms with Crippen molar-refractivity contribution in [1.29, 1.82) is 0 Å². The van der Waals surface area contributed by atoms with E-state index < -0.39 is 0 Å². The molecule has 0 radical (unpaired) electrons. The van der Waals surface area contributed by atoms with Gasteiger partial charge in [0.2, 0.25) is 5.91 Å². The largest absolute Gasteiger partial charge is 0.325 e. The van der Waals surface area contributed by atoms with E-state index in [0.29, 0.717) is 17.3 Å². The van der Waals surface area contributed by atoms with Crippen molar-refractivity contribution in [2.75, 3.05) is 5.32 Å². The summed E-state index contributed by atoms with van der Waals surface area (Å²) in [5.74, 6) is -0.0570. The second-order valence-corrected chi connectivity index (χ2v) is 4.20. The molecule has 0 saturated heterocycles. The molecule has 0 fully saturated rings. The number of nitrogens with one attached hydrogen (secondary N) is 1. The van der Waals surface area contributed by atoms with Crippen LogP contribution in [-0.2, 0) is 11.2 Å². The Bertz CT molecular complexity index is 612. The van der Waals surface area contributed by atoms with Crippen LogP contribution in [0.3, 0.4) is 0 Å². The van der Waals surface area contributed by atoms with Gasteiger partial charge in [-0.2, -0.15) is 0 Å². The van der Waals surface area contributed by atoms with E-state index in [1.807, 2.05) is 6.07 Å². The quantitative estimate of drug-likeness (QED) is 0.725. The zero-order valence-electron chi connectivity index (χ0n) is 8.77. The molecule has 1 aliphatic heterocycles. The first-order chi connectivity index (χ1) is 8.24. The van der Waals surface area contributed by atoms with Crippen LogP contribution in [0.15, 0.2) is 30.7 Å². The Morgan fingerprint density at radius 1 is 1.29 bits per heavy atom. The molecule has 2 aromatic rings. The van der Waals surface area contributed by atoms with Crippen LogP contribution in [0.4, 0.5) is 5.69 Å². The molecule has 0 bridgehead atoms. The normalized spacial score (nSPS) is 13.4. The molecule has 17 heavy (non-hydrogen) atoms. The second-order valence-electron chi connectivity index (χ2n) is 3.81. The van der Waals surface area contributed by atoms with Gasteiger partial charge in [-0.1, -0.05) is 11.6 Å². The van der Waals surface area contributed by atoms with Gasteiger partial charge in [0.05, 0.1) is 12.1 Å². The van der Waals surface area contributed by atoms with E-state index in [-0.39, 0.29) is 5.91 Å². The van der Waals surface area contributed by atoms with Gasteiger partial charge < -0.3 is 5.32 Å². The summed E-state index contributed by atoms with van der Waals surface area (Å²) in [5.41, 5.74) is 3.40. The van der Waals surface area contributed by atoms with E-state index in [1.54, 1.807) is 24.7 Å². The van der Waals surface area contributed by atoms with Gasteiger partial charge in [-0.25, -0.2) is 4.98 Å². The molecule has 0 aromatic carbocycles. The van der Waals surface area contributed by atoms with Crippen LogP contribution in [0.5, 0.6) is 0 Å². The summed E-state index contributed by atoms with van der Waals surface area (Å²) in [6.45, 7) is 0. The van der Waals surface area contributed by atoms with Crippen LogP contribution in [-0.4, -0.2) is 15.9 Å². The van der Waals surface area contributed by atoms with Gasteiger partial charge in [0, 0.05) is 29.7 Å². The molecule has 0 spiro atoms. The number of aromatic nitrogens is 2. The average molecular weight is 246 g/mol. The number of fused-ring (bicyclic) bond motifs is 3. The molecule has 5 heteroatoms. The van der Waals surface area contributed by atoms with Gasteiger partial charge in [-0.05, 0) is 17.7 Å². The zero-order chi connectivity index (χ0) is 11.8. The number of anilines is 1. The lowest BCUT2D eigenvalue weighted by molar-refractivity contribution is -0.115. The van der Waals surface area contributed by atoms with Crippen LogP contribution in [0.2, 0.25) is 5.15 Å². The Balaban J connectivity index is 2.29. The highest BCUT2D eigenvalue weighted by molar-refractivity contribution is 6.29. The smallest absolute Gasteiger partial charge is 0.228 e. The highest BCUT2D eigenvalue weighted by Gasteiger charge is 2.19. The Hall–Kier alpha value is -1.94. The summed E-state index contributed by atoms with van der Waals surface area (Å²) in [5, 5.41) is 3.18. The van der Waals surface area contributed by atoms with Crippen molar-refractivity contribution >= 4 is 23.2 Å². The lowest BCUT2D eigenvalue weighted by atomic mass is 10.0. The molecular weight excluding hydrogens is 238 g/mol. The molecule has 2 aromatic heterocycles. The SMILES string of the molecule is O=C1Cc2ccncc2-c2cnc(Cl)cc2N1. The highest BCUT2D eigenvalue weighted by Crippen LogP contribution is 2.33. The van der Waals surface area contributed by atoms with Crippen molar-refractivity contribution in [3.8, 4) is 11.1 Å². The monoisotopic (exact) mass is 245 g/mol. The molecule has 0 atom stereocenters. The van der Waals surface area contributed by atoms with Crippen molar-refractivity contribution in [2.24, 2.45) is 0 Å². The number of amides is 1. The van der Waals surface area contributed by atoms with Gasteiger partial charge in [0.15, 0.2) is 0 Å². The third kappa shape index (κ3) is 1.76. The molecule has 3 heterocycles. The standard InChI is InChI=1S/C12H8ClN3O/c13-11-4-10-9(6-15-11)8-5-14-2-1-7(8)3-12(17)16-10/h1-2,4-6H,3H2,(H,16,17). The predicted octanol–water partition coefficient (Wildman–Crippen LogP) is 2.29. The summed E-state index contributed by atoms with van der Waals surface area (Å²) < 4.78 is 0. The van der Waals surface area contributed by atoms with Crippen LogP contribution >= 0.6 is 11.6 Å². The number of hydrogen-bond acceptors (Lipinski definition) is 3. The van der Waals surface area contributed by atoms with E-state index in [0.717, 1.165) is 16.7 Å². The van der Waals surface area contributed by atoms with Crippen molar-refractivity contribution in [2.45, 2.75) is 6.42 Å². The van der Waals surface area contributed by atoms with Crippen molar-refractivity contribution < 1.29 is 4.79 Å². The van der Waals surface area contributed by atoms with E-state index in [2.05, 4.69) is 15.3 Å². The Morgan fingerprint density at radius 3 is 3.06 bits per heavy atom. The molecule has 3 rings (SSSR count). The molecule has 84 valence electrons. The summed E-state index contributed by atoms with van der Waals surface area (Å²) in [4.78, 5) is 19.9. The number of rotatable bonds is 0. The fourth-order valence-electron chi connectivity index (χ4n) is 1.94. The highest BCUT2D eigenvalue weighted by atomic mass is 35.5. The number of pyridine rings is 2. The third-order valence-electron chi connectivity index (χ3n) is 2.70. The molecule has 0 aliphatic carbocycles. The number of carbonyl (C=O) groups excluding carboxylic acids is 1. The molecule has 1 amide bonds. The first-order valence-corrected chi connectivity index (χ1v) is 5.50. The third-order valence-corrected chi connectivity index (χ3v) is 2.90. The van der Waals surface area contributed by atoms with Gasteiger partial charge in [0.1, 0.15) is 5.15 Å². The van der Waals surface area contributed by atoms with Crippen LogP contribution in [0.25, 0.3) is 11.1 Å². The molecule has 0 unspecified atom stereocenters. The van der Waals surface area contributed by atoms with Crippen LogP contribution < -0.4 is 5.32 Å². The van der Waals surface area contributed by atoms with E-state index >= 15 is 0 Å². The van der Waals surface area contributed by atoms with Crippen LogP contribution in [0, 0.1) is 0 Å². The van der Waals surface area contributed by atoms with E-state index in [9.17, 15) is 4.79 Å². The van der Waals surface area contributed by atoms with Crippen LogP contribution in [0.1, 0.15) is 5.56 Å². The lowest BCUT2D eigenvalue weighted by Crippen LogP contribution is -2.12. The predicted molar refractivity (Wildman–Crippen MR) is 64.8 cm³/mol. The maximum Gasteiger partial charge on any atom is 0.228 e. The minimum Gasteiger partial charge on any atom is -0.325 e.